The van der Waals surface area contributed by atoms with Gasteiger partial charge in [-0.2, -0.15) is 0 Å². The first-order valence-corrected chi connectivity index (χ1v) is 7.04. The van der Waals surface area contributed by atoms with Crippen molar-refractivity contribution in [1.29, 1.82) is 0 Å². The number of nitrogens with zero attached hydrogens (tertiary/aromatic N) is 1. The van der Waals surface area contributed by atoms with Crippen molar-refractivity contribution in [2.45, 2.75) is 20.4 Å². The average Bonchev–Trinajstić information content (AvgIpc) is 2.52. The van der Waals surface area contributed by atoms with Crippen molar-refractivity contribution in [3.05, 3.63) is 53.2 Å². The Morgan fingerprint density at radius 3 is 2.68 bits per heavy atom. The minimum absolute atomic E-state index is 0.00646. The van der Waals surface area contributed by atoms with Crippen LogP contribution in [0.3, 0.4) is 0 Å². The van der Waals surface area contributed by atoms with Gasteiger partial charge in [0.1, 0.15) is 5.75 Å². The molecule has 0 aliphatic rings. The fraction of sp³-hybridized carbons (Fsp3) is 0.294. The number of pyridine rings is 1. The number of carbonyl (C=O) groups excluding carboxylic acids is 1. The summed E-state index contributed by atoms with van der Waals surface area (Å²) >= 11 is 0. The van der Waals surface area contributed by atoms with E-state index < -0.39 is 0 Å². The second kappa shape index (κ2) is 7.45. The first-order chi connectivity index (χ1) is 10.6. The second-order valence-electron chi connectivity index (χ2n) is 5.04. The molecular weight excluding hydrogens is 280 g/mol. The molecule has 0 spiro atoms. The lowest BCUT2D eigenvalue weighted by Gasteiger charge is -2.10. The topological polar surface area (TPSA) is 60.5 Å². The van der Waals surface area contributed by atoms with Crippen LogP contribution < -0.4 is 14.8 Å². The zero-order valence-electron chi connectivity index (χ0n) is 13.1. The van der Waals surface area contributed by atoms with E-state index in [1.54, 1.807) is 19.4 Å². The van der Waals surface area contributed by atoms with E-state index in [0.717, 1.165) is 16.9 Å². The van der Waals surface area contributed by atoms with Crippen molar-refractivity contribution in [3.63, 3.8) is 0 Å². The van der Waals surface area contributed by atoms with Gasteiger partial charge in [0.15, 0.2) is 6.61 Å². The monoisotopic (exact) mass is 300 g/mol. The Morgan fingerprint density at radius 1 is 1.23 bits per heavy atom. The van der Waals surface area contributed by atoms with Crippen LogP contribution in [0.4, 0.5) is 0 Å². The van der Waals surface area contributed by atoms with E-state index >= 15 is 0 Å². The maximum absolute atomic E-state index is 11.8. The molecule has 5 heteroatoms. The molecule has 5 nitrogen and oxygen atoms in total. The summed E-state index contributed by atoms with van der Waals surface area (Å²) in [6.07, 6.45) is 1.67. The maximum atomic E-state index is 11.8. The van der Waals surface area contributed by atoms with E-state index in [9.17, 15) is 4.79 Å². The third-order valence-electron chi connectivity index (χ3n) is 3.19. The highest BCUT2D eigenvalue weighted by molar-refractivity contribution is 5.77. The van der Waals surface area contributed by atoms with Crippen LogP contribution in [0, 0.1) is 13.8 Å². The third kappa shape index (κ3) is 4.48. The predicted molar refractivity (Wildman–Crippen MR) is 84.0 cm³/mol. The highest BCUT2D eigenvalue weighted by atomic mass is 16.5. The van der Waals surface area contributed by atoms with Gasteiger partial charge in [-0.15, -0.1) is 0 Å². The zero-order chi connectivity index (χ0) is 15.9. The lowest BCUT2D eigenvalue weighted by Crippen LogP contribution is -2.28. The molecule has 116 valence electrons. The lowest BCUT2D eigenvalue weighted by atomic mass is 10.1. The SMILES string of the molecule is COc1ccc(CNC(=O)COc2ccc(C)cc2C)cn1. The molecule has 2 aromatic rings. The molecule has 1 heterocycles. The standard InChI is InChI=1S/C17H20N2O3/c1-12-4-6-15(13(2)8-12)22-11-16(20)18-9-14-5-7-17(21-3)19-10-14/h4-8,10H,9,11H2,1-3H3,(H,18,20). The van der Waals surface area contributed by atoms with Crippen LogP contribution in [0.25, 0.3) is 0 Å². The van der Waals surface area contributed by atoms with Crippen molar-refractivity contribution in [1.82, 2.24) is 10.3 Å². The van der Waals surface area contributed by atoms with E-state index in [1.807, 2.05) is 38.1 Å². The third-order valence-corrected chi connectivity index (χ3v) is 3.19. The van der Waals surface area contributed by atoms with Gasteiger partial charge >= 0.3 is 0 Å². The number of aromatic nitrogens is 1. The van der Waals surface area contributed by atoms with Crippen molar-refractivity contribution >= 4 is 5.91 Å². The van der Waals surface area contributed by atoms with E-state index in [4.69, 9.17) is 9.47 Å². The lowest BCUT2D eigenvalue weighted by molar-refractivity contribution is -0.123. The number of hydrogen-bond acceptors (Lipinski definition) is 4. The Hall–Kier alpha value is -2.56. The van der Waals surface area contributed by atoms with Crippen molar-refractivity contribution in [2.75, 3.05) is 13.7 Å². The summed E-state index contributed by atoms with van der Waals surface area (Å²) in [6, 6.07) is 9.48. The number of methoxy groups -OCH3 is 1. The van der Waals surface area contributed by atoms with Gasteiger partial charge in [0, 0.05) is 18.8 Å². The summed E-state index contributed by atoms with van der Waals surface area (Å²) in [4.78, 5) is 15.9. The van der Waals surface area contributed by atoms with Gasteiger partial charge in [0.25, 0.3) is 5.91 Å². The van der Waals surface area contributed by atoms with Gasteiger partial charge < -0.3 is 14.8 Å². The molecule has 0 atom stereocenters. The Balaban J connectivity index is 1.80. The molecule has 22 heavy (non-hydrogen) atoms. The van der Waals surface area contributed by atoms with Crippen LogP contribution in [-0.2, 0) is 11.3 Å². The Morgan fingerprint density at radius 2 is 2.05 bits per heavy atom. The molecule has 0 aliphatic heterocycles. The number of aryl methyl sites for hydroxylation is 2. The molecule has 1 N–H and O–H groups in total. The van der Waals surface area contributed by atoms with Crippen LogP contribution in [0.2, 0.25) is 0 Å². The Kier molecular flexibility index (Phi) is 5.36. The molecule has 0 bridgehead atoms. The Labute approximate surface area is 130 Å². The van der Waals surface area contributed by atoms with E-state index in [1.165, 1.54) is 5.56 Å². The summed E-state index contributed by atoms with van der Waals surface area (Å²) in [5, 5.41) is 2.79. The smallest absolute Gasteiger partial charge is 0.258 e. The fourth-order valence-electron chi connectivity index (χ4n) is 1.99. The Bertz CT molecular complexity index is 639. The number of amides is 1. The predicted octanol–water partition coefficient (Wildman–Crippen LogP) is 2.40. The first-order valence-electron chi connectivity index (χ1n) is 7.04. The molecule has 0 unspecified atom stereocenters. The molecule has 0 fully saturated rings. The molecule has 0 aliphatic carbocycles. The van der Waals surface area contributed by atoms with Crippen LogP contribution in [0.5, 0.6) is 11.6 Å². The number of benzene rings is 1. The fourth-order valence-corrected chi connectivity index (χ4v) is 1.99. The van der Waals surface area contributed by atoms with Gasteiger partial charge in [-0.05, 0) is 31.0 Å². The van der Waals surface area contributed by atoms with Crippen LogP contribution in [0.15, 0.2) is 36.5 Å². The molecule has 0 radical (unpaired) electrons. The number of hydrogen-bond donors (Lipinski definition) is 1. The summed E-state index contributed by atoms with van der Waals surface area (Å²) in [7, 11) is 1.56. The molecule has 0 saturated carbocycles. The molecule has 0 saturated heterocycles. The minimum atomic E-state index is -0.171. The van der Waals surface area contributed by atoms with Crippen LogP contribution in [-0.4, -0.2) is 24.6 Å². The maximum Gasteiger partial charge on any atom is 0.258 e. The molecule has 1 amide bonds. The van der Waals surface area contributed by atoms with Gasteiger partial charge in [-0.25, -0.2) is 4.98 Å². The number of nitrogens with one attached hydrogen (secondary N) is 1. The van der Waals surface area contributed by atoms with Crippen molar-refractivity contribution < 1.29 is 14.3 Å². The molecule has 1 aromatic heterocycles. The quantitative estimate of drug-likeness (QED) is 0.890. The second-order valence-corrected chi connectivity index (χ2v) is 5.04. The van der Waals surface area contributed by atoms with E-state index in [0.29, 0.717) is 12.4 Å². The van der Waals surface area contributed by atoms with Gasteiger partial charge in [-0.1, -0.05) is 23.8 Å². The number of carbonyl (C=O) groups is 1. The van der Waals surface area contributed by atoms with Crippen LogP contribution in [0.1, 0.15) is 16.7 Å². The van der Waals surface area contributed by atoms with Gasteiger partial charge in [0.05, 0.1) is 7.11 Å². The van der Waals surface area contributed by atoms with Crippen molar-refractivity contribution in [2.24, 2.45) is 0 Å². The average molecular weight is 300 g/mol. The summed E-state index contributed by atoms with van der Waals surface area (Å²) in [5.74, 6) is 1.11. The molecule has 1 aromatic carbocycles. The summed E-state index contributed by atoms with van der Waals surface area (Å²) in [6.45, 7) is 4.38. The largest absolute Gasteiger partial charge is 0.484 e. The highest BCUT2D eigenvalue weighted by Crippen LogP contribution is 2.18. The molecular formula is C17H20N2O3. The van der Waals surface area contributed by atoms with E-state index in [2.05, 4.69) is 10.3 Å². The zero-order valence-corrected chi connectivity index (χ0v) is 13.1. The summed E-state index contributed by atoms with van der Waals surface area (Å²) in [5.41, 5.74) is 3.09. The van der Waals surface area contributed by atoms with Gasteiger partial charge in [-0.3, -0.25) is 4.79 Å². The number of ether oxygens (including phenoxy) is 2. The normalized spacial score (nSPS) is 10.1. The van der Waals surface area contributed by atoms with Crippen LogP contribution >= 0.6 is 0 Å². The van der Waals surface area contributed by atoms with Gasteiger partial charge in [0.2, 0.25) is 5.88 Å². The van der Waals surface area contributed by atoms with Crippen molar-refractivity contribution in [3.8, 4) is 11.6 Å². The minimum Gasteiger partial charge on any atom is -0.484 e. The number of rotatable bonds is 6. The summed E-state index contributed by atoms with van der Waals surface area (Å²) < 4.78 is 10.5. The highest BCUT2D eigenvalue weighted by Gasteiger charge is 2.05. The molecule has 2 rings (SSSR count). The van der Waals surface area contributed by atoms with E-state index in [-0.39, 0.29) is 12.5 Å². The first kappa shape index (κ1) is 15.8.